The molecule has 0 saturated heterocycles. The Morgan fingerprint density at radius 3 is 2.72 bits per heavy atom. The number of aromatic nitrogens is 1. The zero-order valence-corrected chi connectivity index (χ0v) is 14.7. The second-order valence-electron chi connectivity index (χ2n) is 6.20. The highest BCUT2D eigenvalue weighted by Crippen LogP contribution is 2.27. The molecule has 1 heterocycles. The van der Waals surface area contributed by atoms with Crippen LogP contribution < -0.4 is 15.4 Å². The second kappa shape index (κ2) is 9.06. The summed E-state index contributed by atoms with van der Waals surface area (Å²) in [4.78, 5) is 8.62. The summed E-state index contributed by atoms with van der Waals surface area (Å²) in [5, 5.41) is 6.69. The lowest BCUT2D eigenvalue weighted by Crippen LogP contribution is -2.38. The van der Waals surface area contributed by atoms with Gasteiger partial charge in [-0.3, -0.25) is 9.98 Å². The molecule has 1 saturated carbocycles. The van der Waals surface area contributed by atoms with Crippen molar-refractivity contribution in [1.29, 1.82) is 0 Å². The normalized spacial score (nSPS) is 14.7. The molecule has 1 aliphatic rings. The summed E-state index contributed by atoms with van der Waals surface area (Å²) in [6.07, 6.45) is 6.68. The Bertz CT molecular complexity index is 683. The molecule has 1 aromatic heterocycles. The van der Waals surface area contributed by atoms with E-state index in [-0.39, 0.29) is 0 Å². The number of para-hydroxylation sites is 1. The molecule has 0 amide bonds. The van der Waals surface area contributed by atoms with Gasteiger partial charge in [-0.05, 0) is 37.5 Å². The first-order chi connectivity index (χ1) is 12.3. The van der Waals surface area contributed by atoms with Crippen LogP contribution in [0.1, 0.15) is 30.5 Å². The molecule has 1 fully saturated rings. The molecule has 5 nitrogen and oxygen atoms in total. The number of benzene rings is 1. The molecular formula is C20H26N4O. The first kappa shape index (κ1) is 17.3. The summed E-state index contributed by atoms with van der Waals surface area (Å²) < 4.78 is 6.08. The fourth-order valence-electron chi connectivity index (χ4n) is 2.69. The van der Waals surface area contributed by atoms with Crippen LogP contribution in [-0.2, 0) is 13.0 Å². The van der Waals surface area contributed by atoms with E-state index in [4.69, 9.17) is 4.74 Å². The van der Waals surface area contributed by atoms with Crippen LogP contribution in [0, 0.1) is 0 Å². The van der Waals surface area contributed by atoms with Gasteiger partial charge in [0.2, 0.25) is 0 Å². The van der Waals surface area contributed by atoms with Crippen LogP contribution in [0.15, 0.2) is 53.7 Å². The number of nitrogens with one attached hydrogen (secondary N) is 2. The molecular weight excluding hydrogens is 312 g/mol. The number of guanidine groups is 1. The Morgan fingerprint density at radius 1 is 1.16 bits per heavy atom. The smallest absolute Gasteiger partial charge is 0.191 e. The highest BCUT2D eigenvalue weighted by Gasteiger charge is 2.20. The molecule has 0 radical (unpaired) electrons. The third-order valence-electron chi connectivity index (χ3n) is 4.39. The minimum Gasteiger partial charge on any atom is -0.490 e. The van der Waals surface area contributed by atoms with Crippen LogP contribution in [0.2, 0.25) is 0 Å². The van der Waals surface area contributed by atoms with E-state index in [1.165, 1.54) is 19.3 Å². The van der Waals surface area contributed by atoms with Gasteiger partial charge < -0.3 is 15.4 Å². The van der Waals surface area contributed by atoms with Gasteiger partial charge in [-0.2, -0.15) is 0 Å². The number of hydrogen-bond donors (Lipinski definition) is 2. The van der Waals surface area contributed by atoms with Crippen LogP contribution in [0.25, 0.3) is 0 Å². The largest absolute Gasteiger partial charge is 0.490 e. The first-order valence-electron chi connectivity index (χ1n) is 8.94. The van der Waals surface area contributed by atoms with Gasteiger partial charge in [0.1, 0.15) is 5.75 Å². The fraction of sp³-hybridized carbons (Fsp3) is 0.400. The minimum atomic E-state index is 0.386. The summed E-state index contributed by atoms with van der Waals surface area (Å²) in [5.41, 5.74) is 2.23. The van der Waals surface area contributed by atoms with Gasteiger partial charge in [0.25, 0.3) is 0 Å². The molecule has 0 unspecified atom stereocenters. The summed E-state index contributed by atoms with van der Waals surface area (Å²) in [6, 6.07) is 14.2. The molecule has 25 heavy (non-hydrogen) atoms. The highest BCUT2D eigenvalue weighted by atomic mass is 16.5. The topological polar surface area (TPSA) is 58.5 Å². The Kier molecular flexibility index (Phi) is 6.26. The zero-order chi connectivity index (χ0) is 17.3. The van der Waals surface area contributed by atoms with E-state index in [1.54, 1.807) is 7.05 Å². The number of rotatable bonds is 7. The maximum absolute atomic E-state index is 6.08. The maximum atomic E-state index is 6.08. The van der Waals surface area contributed by atoms with Gasteiger partial charge >= 0.3 is 0 Å². The van der Waals surface area contributed by atoms with Gasteiger partial charge in [0.15, 0.2) is 5.96 Å². The molecule has 0 bridgehead atoms. The Hall–Kier alpha value is -2.56. The summed E-state index contributed by atoms with van der Waals surface area (Å²) in [6.45, 7) is 1.48. The van der Waals surface area contributed by atoms with Crippen molar-refractivity contribution in [2.75, 3.05) is 13.6 Å². The lowest BCUT2D eigenvalue weighted by Gasteiger charge is -2.27. The standard InChI is InChI=1S/C20H26N4O/c1-21-20(23-14-12-17-8-4-5-13-22-17)24-15-16-7-2-3-11-19(16)25-18-9-6-10-18/h2-5,7-8,11,13,18H,6,9-10,12,14-15H2,1H3,(H2,21,23,24). The summed E-state index contributed by atoms with van der Waals surface area (Å²) >= 11 is 0. The van der Waals surface area contributed by atoms with E-state index in [0.29, 0.717) is 12.6 Å². The van der Waals surface area contributed by atoms with Gasteiger partial charge in [-0.15, -0.1) is 0 Å². The first-order valence-corrected chi connectivity index (χ1v) is 8.94. The van der Waals surface area contributed by atoms with Crippen molar-refractivity contribution in [3.05, 3.63) is 59.9 Å². The van der Waals surface area contributed by atoms with Crippen LogP contribution >= 0.6 is 0 Å². The van der Waals surface area contributed by atoms with Crippen LogP contribution in [0.3, 0.4) is 0 Å². The van der Waals surface area contributed by atoms with Gasteiger partial charge in [-0.25, -0.2) is 0 Å². The summed E-state index contributed by atoms with van der Waals surface area (Å²) in [5.74, 6) is 1.76. The van der Waals surface area contributed by atoms with Crippen molar-refractivity contribution in [2.45, 2.75) is 38.3 Å². The number of hydrogen-bond acceptors (Lipinski definition) is 3. The molecule has 2 aromatic rings. The fourth-order valence-corrected chi connectivity index (χ4v) is 2.69. The number of ether oxygens (including phenoxy) is 1. The van der Waals surface area contributed by atoms with E-state index < -0.39 is 0 Å². The number of aliphatic imine (C=N–C) groups is 1. The predicted molar refractivity (Wildman–Crippen MR) is 101 cm³/mol. The SMILES string of the molecule is CN=C(NCCc1ccccn1)NCc1ccccc1OC1CCC1. The molecule has 5 heteroatoms. The van der Waals surface area contributed by atoms with Gasteiger partial charge in [0.05, 0.1) is 6.10 Å². The van der Waals surface area contributed by atoms with Crippen molar-refractivity contribution < 1.29 is 4.74 Å². The maximum Gasteiger partial charge on any atom is 0.191 e. The highest BCUT2D eigenvalue weighted by molar-refractivity contribution is 5.79. The molecule has 0 spiro atoms. The van der Waals surface area contributed by atoms with Crippen LogP contribution in [0.4, 0.5) is 0 Å². The lowest BCUT2D eigenvalue weighted by molar-refractivity contribution is 0.119. The Morgan fingerprint density at radius 2 is 2.00 bits per heavy atom. The molecule has 0 aliphatic heterocycles. The third kappa shape index (κ3) is 5.21. The van der Waals surface area contributed by atoms with Gasteiger partial charge in [0, 0.05) is 44.0 Å². The van der Waals surface area contributed by atoms with E-state index in [9.17, 15) is 0 Å². The average molecular weight is 338 g/mol. The monoisotopic (exact) mass is 338 g/mol. The van der Waals surface area contributed by atoms with Crippen molar-refractivity contribution in [3.63, 3.8) is 0 Å². The quantitative estimate of drug-likeness (QED) is 0.602. The van der Waals surface area contributed by atoms with Crippen molar-refractivity contribution in [3.8, 4) is 5.75 Å². The van der Waals surface area contributed by atoms with Crippen LogP contribution in [-0.4, -0.2) is 30.6 Å². The van der Waals surface area contributed by atoms with Crippen molar-refractivity contribution >= 4 is 5.96 Å². The van der Waals surface area contributed by atoms with E-state index in [1.807, 2.05) is 42.6 Å². The molecule has 1 aliphatic carbocycles. The average Bonchev–Trinajstić information content (AvgIpc) is 2.63. The van der Waals surface area contributed by atoms with E-state index in [0.717, 1.165) is 35.9 Å². The molecule has 1 aromatic carbocycles. The molecule has 3 rings (SSSR count). The van der Waals surface area contributed by atoms with Gasteiger partial charge in [-0.1, -0.05) is 24.3 Å². The predicted octanol–water partition coefficient (Wildman–Crippen LogP) is 2.92. The van der Waals surface area contributed by atoms with Crippen LogP contribution in [0.5, 0.6) is 5.75 Å². The van der Waals surface area contributed by atoms with E-state index >= 15 is 0 Å². The third-order valence-corrected chi connectivity index (χ3v) is 4.39. The van der Waals surface area contributed by atoms with E-state index in [2.05, 4.69) is 26.7 Å². The minimum absolute atomic E-state index is 0.386. The van der Waals surface area contributed by atoms with Crippen molar-refractivity contribution in [2.24, 2.45) is 4.99 Å². The summed E-state index contributed by atoms with van der Waals surface area (Å²) in [7, 11) is 1.78. The zero-order valence-electron chi connectivity index (χ0n) is 14.7. The lowest BCUT2D eigenvalue weighted by atomic mass is 9.96. The number of nitrogens with zero attached hydrogens (tertiary/aromatic N) is 2. The van der Waals surface area contributed by atoms with Crippen molar-refractivity contribution in [1.82, 2.24) is 15.6 Å². The molecule has 0 atom stereocenters. The molecule has 132 valence electrons. The Balaban J connectivity index is 1.47. The second-order valence-corrected chi connectivity index (χ2v) is 6.20. The molecule has 2 N–H and O–H groups in total. The Labute approximate surface area is 149 Å². The number of pyridine rings is 1.